The van der Waals surface area contributed by atoms with Gasteiger partial charge in [0.05, 0.1) is 31.3 Å². The summed E-state index contributed by atoms with van der Waals surface area (Å²) in [6.07, 6.45) is -0.416. The fourth-order valence-corrected chi connectivity index (χ4v) is 2.83. The second kappa shape index (κ2) is 6.59. The molecule has 2 heterocycles. The Hall–Kier alpha value is -2.22. The first kappa shape index (κ1) is 17.6. The molecule has 0 aliphatic carbocycles. The molecule has 1 aromatic heterocycles. The third-order valence-electron chi connectivity index (χ3n) is 3.94. The van der Waals surface area contributed by atoms with Gasteiger partial charge in [-0.05, 0) is 32.9 Å². The minimum atomic E-state index is -0.590. The molecular formula is C17H21BN2O5. The summed E-state index contributed by atoms with van der Waals surface area (Å²) in [7, 11) is 5.81. The number of nitrogens with zero attached hydrogens (tertiary/aromatic N) is 2. The summed E-state index contributed by atoms with van der Waals surface area (Å²) >= 11 is 0. The summed E-state index contributed by atoms with van der Waals surface area (Å²) in [4.78, 5) is 26.3. The van der Waals surface area contributed by atoms with Crippen LogP contribution in [0.4, 0.5) is 4.79 Å². The molecule has 2 radical (unpaired) electrons. The summed E-state index contributed by atoms with van der Waals surface area (Å²) in [6.45, 7) is 6.86. The van der Waals surface area contributed by atoms with Gasteiger partial charge >= 0.3 is 11.8 Å². The lowest BCUT2D eigenvalue weighted by atomic mass is 9.96. The van der Waals surface area contributed by atoms with E-state index in [-0.39, 0.29) is 12.6 Å². The van der Waals surface area contributed by atoms with E-state index in [1.165, 1.54) is 4.57 Å². The van der Waals surface area contributed by atoms with Gasteiger partial charge in [0.15, 0.2) is 5.58 Å². The van der Waals surface area contributed by atoms with Crippen molar-refractivity contribution < 1.29 is 18.7 Å². The van der Waals surface area contributed by atoms with E-state index in [9.17, 15) is 9.59 Å². The predicted octanol–water partition coefficient (Wildman–Crippen LogP) is 1.02. The van der Waals surface area contributed by atoms with Crippen molar-refractivity contribution >= 4 is 30.5 Å². The van der Waals surface area contributed by atoms with Gasteiger partial charge in [0, 0.05) is 6.54 Å². The molecule has 1 atom stereocenters. The van der Waals surface area contributed by atoms with Crippen molar-refractivity contribution in [1.29, 1.82) is 0 Å². The Morgan fingerprint density at radius 3 is 2.88 bits per heavy atom. The first-order valence-corrected chi connectivity index (χ1v) is 8.21. The molecule has 0 N–H and O–H groups in total. The maximum Gasteiger partial charge on any atom is 0.420 e. The number of aromatic nitrogens is 1. The van der Waals surface area contributed by atoms with E-state index in [1.807, 2.05) is 20.8 Å². The molecule has 2 aromatic rings. The van der Waals surface area contributed by atoms with Gasteiger partial charge in [-0.2, -0.15) is 0 Å². The molecule has 1 aromatic carbocycles. The number of morpholine rings is 1. The predicted molar refractivity (Wildman–Crippen MR) is 93.4 cm³/mol. The Morgan fingerprint density at radius 1 is 1.40 bits per heavy atom. The Kier molecular flexibility index (Phi) is 4.64. The normalized spacial score (nSPS) is 18.5. The number of hydrogen-bond acceptors (Lipinski definition) is 5. The van der Waals surface area contributed by atoms with E-state index >= 15 is 0 Å². The van der Waals surface area contributed by atoms with Crippen LogP contribution in [0.1, 0.15) is 20.8 Å². The molecular weight excluding hydrogens is 323 g/mol. The number of fused-ring (bicyclic) bond motifs is 1. The van der Waals surface area contributed by atoms with Crippen LogP contribution in [0.2, 0.25) is 0 Å². The summed E-state index contributed by atoms with van der Waals surface area (Å²) in [5, 5.41) is 0. The van der Waals surface area contributed by atoms with Crippen molar-refractivity contribution in [3.63, 3.8) is 0 Å². The third-order valence-corrected chi connectivity index (χ3v) is 3.94. The zero-order valence-electron chi connectivity index (χ0n) is 14.7. The van der Waals surface area contributed by atoms with Crippen LogP contribution in [0.3, 0.4) is 0 Å². The number of hydrogen-bond donors (Lipinski definition) is 0. The molecule has 0 spiro atoms. The number of amides is 1. The first-order chi connectivity index (χ1) is 11.7. The summed E-state index contributed by atoms with van der Waals surface area (Å²) in [6, 6.07) is 4.68. The van der Waals surface area contributed by atoms with Crippen LogP contribution in [0, 0.1) is 0 Å². The SMILES string of the molecule is [B]c1ccc2oc(=O)n(C[C@H]3COCCN3C(=O)OC(C)(C)C)c2c1. The number of benzene rings is 1. The average molecular weight is 344 g/mol. The summed E-state index contributed by atoms with van der Waals surface area (Å²) < 4.78 is 17.7. The molecule has 0 unspecified atom stereocenters. The number of carbonyl (C=O) groups is 1. The number of oxazole rings is 1. The maximum absolute atomic E-state index is 12.5. The number of carbonyl (C=O) groups excluding carboxylic acids is 1. The minimum Gasteiger partial charge on any atom is -0.444 e. The molecule has 0 bridgehead atoms. The van der Waals surface area contributed by atoms with Crippen molar-refractivity contribution in [2.45, 2.75) is 39.0 Å². The van der Waals surface area contributed by atoms with E-state index < -0.39 is 17.5 Å². The van der Waals surface area contributed by atoms with Crippen LogP contribution in [0.25, 0.3) is 11.1 Å². The zero-order chi connectivity index (χ0) is 18.2. The van der Waals surface area contributed by atoms with Crippen LogP contribution in [-0.4, -0.2) is 54.8 Å². The summed E-state index contributed by atoms with van der Waals surface area (Å²) in [5.74, 6) is -0.490. The van der Waals surface area contributed by atoms with Gasteiger partial charge in [-0.1, -0.05) is 11.5 Å². The number of rotatable bonds is 2. The van der Waals surface area contributed by atoms with Crippen LogP contribution in [0.15, 0.2) is 27.4 Å². The molecule has 1 aliphatic rings. The van der Waals surface area contributed by atoms with E-state index in [2.05, 4.69) is 0 Å². The standard InChI is InChI=1S/C17H21BN2O5/c1-17(2,3)25-16(22)19-6-7-23-10-12(19)9-20-13-8-11(18)4-5-14(13)24-15(20)21/h4-5,8,12H,6-7,9-10H2,1-3H3/t12-/m0/s1. The van der Waals surface area contributed by atoms with Crippen LogP contribution >= 0.6 is 0 Å². The Labute approximate surface area is 146 Å². The molecule has 3 rings (SSSR count). The lowest BCUT2D eigenvalue weighted by molar-refractivity contribution is -0.0359. The second-order valence-corrected chi connectivity index (χ2v) is 7.11. The monoisotopic (exact) mass is 344 g/mol. The van der Waals surface area contributed by atoms with Crippen LogP contribution in [0.5, 0.6) is 0 Å². The highest BCUT2D eigenvalue weighted by Gasteiger charge is 2.32. The molecule has 1 amide bonds. The first-order valence-electron chi connectivity index (χ1n) is 8.21. The number of ether oxygens (including phenoxy) is 2. The van der Waals surface area contributed by atoms with Gasteiger partial charge in [-0.3, -0.25) is 9.47 Å². The van der Waals surface area contributed by atoms with Gasteiger partial charge in [-0.25, -0.2) is 9.59 Å². The van der Waals surface area contributed by atoms with Crippen molar-refractivity contribution in [1.82, 2.24) is 9.47 Å². The van der Waals surface area contributed by atoms with E-state index in [0.29, 0.717) is 36.3 Å². The smallest absolute Gasteiger partial charge is 0.420 e. The zero-order valence-corrected chi connectivity index (χ0v) is 14.7. The highest BCUT2D eigenvalue weighted by atomic mass is 16.6. The van der Waals surface area contributed by atoms with Gasteiger partial charge in [0.1, 0.15) is 13.4 Å². The second-order valence-electron chi connectivity index (χ2n) is 7.11. The molecule has 0 saturated carbocycles. The van der Waals surface area contributed by atoms with E-state index in [4.69, 9.17) is 21.7 Å². The fraction of sp³-hybridized carbons (Fsp3) is 0.529. The topological polar surface area (TPSA) is 73.9 Å². The molecule has 8 heteroatoms. The molecule has 1 aliphatic heterocycles. The molecule has 132 valence electrons. The highest BCUT2D eigenvalue weighted by Crippen LogP contribution is 2.18. The fourth-order valence-electron chi connectivity index (χ4n) is 2.83. The molecule has 7 nitrogen and oxygen atoms in total. The Balaban J connectivity index is 1.87. The third kappa shape index (κ3) is 3.90. The van der Waals surface area contributed by atoms with Gasteiger partial charge in [-0.15, -0.1) is 0 Å². The molecule has 1 saturated heterocycles. The lowest BCUT2D eigenvalue weighted by Crippen LogP contribution is -2.52. The quantitative estimate of drug-likeness (QED) is 0.761. The average Bonchev–Trinajstić information content (AvgIpc) is 2.82. The van der Waals surface area contributed by atoms with Gasteiger partial charge in [0.25, 0.3) is 0 Å². The Morgan fingerprint density at radius 2 is 2.16 bits per heavy atom. The Bertz CT molecular complexity index is 836. The summed E-state index contributed by atoms with van der Waals surface area (Å²) in [5.41, 5.74) is 0.999. The highest BCUT2D eigenvalue weighted by molar-refractivity contribution is 6.33. The van der Waals surface area contributed by atoms with Gasteiger partial charge < -0.3 is 13.9 Å². The largest absolute Gasteiger partial charge is 0.444 e. The maximum atomic E-state index is 12.5. The lowest BCUT2D eigenvalue weighted by Gasteiger charge is -2.36. The van der Waals surface area contributed by atoms with E-state index in [1.54, 1.807) is 23.1 Å². The van der Waals surface area contributed by atoms with Crippen molar-refractivity contribution in [2.24, 2.45) is 0 Å². The molecule has 25 heavy (non-hydrogen) atoms. The van der Waals surface area contributed by atoms with E-state index in [0.717, 1.165) is 0 Å². The van der Waals surface area contributed by atoms with Crippen molar-refractivity contribution in [3.05, 3.63) is 28.7 Å². The van der Waals surface area contributed by atoms with Crippen LogP contribution < -0.4 is 11.2 Å². The minimum absolute atomic E-state index is 0.245. The van der Waals surface area contributed by atoms with Crippen LogP contribution in [-0.2, 0) is 16.0 Å². The van der Waals surface area contributed by atoms with Gasteiger partial charge in [0.2, 0.25) is 0 Å². The van der Waals surface area contributed by atoms with Crippen molar-refractivity contribution in [2.75, 3.05) is 19.8 Å². The molecule has 1 fully saturated rings. The van der Waals surface area contributed by atoms with Crippen molar-refractivity contribution in [3.8, 4) is 0 Å².